The van der Waals surface area contributed by atoms with Crippen molar-refractivity contribution in [3.8, 4) is 0 Å². The van der Waals surface area contributed by atoms with Crippen LogP contribution in [-0.2, 0) is 0 Å². The third-order valence-corrected chi connectivity index (χ3v) is 4.09. The maximum Gasteiger partial charge on any atom is 0.198 e. The molecule has 3 rings (SSSR count). The van der Waals surface area contributed by atoms with Gasteiger partial charge in [0, 0.05) is 5.92 Å². The second kappa shape index (κ2) is 5.33. The van der Waals surface area contributed by atoms with Crippen LogP contribution < -0.4 is 5.32 Å². The topological polar surface area (TPSA) is 38.1 Å². The first-order valence-electron chi connectivity index (χ1n) is 7.31. The molecule has 3 heteroatoms. The summed E-state index contributed by atoms with van der Waals surface area (Å²) in [6, 6.07) is 0. The molecule has 0 spiro atoms. The number of nitrogens with one attached hydrogen (secondary N) is 1. The van der Waals surface area contributed by atoms with E-state index in [9.17, 15) is 0 Å². The van der Waals surface area contributed by atoms with Gasteiger partial charge < -0.3 is 9.73 Å². The molecule has 1 N–H and O–H groups in total. The summed E-state index contributed by atoms with van der Waals surface area (Å²) in [4.78, 5) is 4.77. The van der Waals surface area contributed by atoms with Gasteiger partial charge in [0.05, 0.1) is 0 Å². The molecule has 0 radical (unpaired) electrons. The van der Waals surface area contributed by atoms with Crippen molar-refractivity contribution in [2.24, 2.45) is 5.92 Å². The van der Waals surface area contributed by atoms with Gasteiger partial charge in [0.1, 0.15) is 11.5 Å². The predicted molar refractivity (Wildman–Crippen MR) is 77.0 cm³/mol. The number of aryl methyl sites for hydroxylation is 1. The maximum absolute atomic E-state index is 5.92. The lowest BCUT2D eigenvalue weighted by molar-refractivity contribution is 0.366. The van der Waals surface area contributed by atoms with Gasteiger partial charge in [-0.15, -0.1) is 0 Å². The Balaban J connectivity index is 1.83. The lowest BCUT2D eigenvalue weighted by Gasteiger charge is -2.19. The largest absolute Gasteiger partial charge is 0.445 e. The number of allylic oxidation sites excluding steroid dienone is 4. The lowest BCUT2D eigenvalue weighted by Crippen LogP contribution is -2.26. The highest BCUT2D eigenvalue weighted by Crippen LogP contribution is 2.31. The fourth-order valence-corrected chi connectivity index (χ4v) is 2.83. The fourth-order valence-electron chi connectivity index (χ4n) is 2.83. The van der Waals surface area contributed by atoms with Crippen LogP contribution in [0.2, 0.25) is 0 Å². The highest BCUT2D eigenvalue weighted by molar-refractivity contribution is 5.73. The van der Waals surface area contributed by atoms with E-state index < -0.39 is 0 Å². The zero-order valence-electron chi connectivity index (χ0n) is 11.8. The van der Waals surface area contributed by atoms with Crippen molar-refractivity contribution in [3.63, 3.8) is 0 Å². The average Bonchev–Trinajstić information content (AvgIpc) is 2.83. The Labute approximate surface area is 114 Å². The van der Waals surface area contributed by atoms with E-state index >= 15 is 0 Å². The molecule has 0 bridgehead atoms. The van der Waals surface area contributed by atoms with E-state index in [1.54, 1.807) is 0 Å². The summed E-state index contributed by atoms with van der Waals surface area (Å²) in [5, 5.41) is 3.38. The predicted octanol–water partition coefficient (Wildman–Crippen LogP) is 3.43. The molecule has 1 aromatic rings. The second-order valence-corrected chi connectivity index (χ2v) is 5.71. The molecule has 1 atom stereocenters. The van der Waals surface area contributed by atoms with Crippen LogP contribution in [0, 0.1) is 12.8 Å². The van der Waals surface area contributed by atoms with E-state index in [1.165, 1.54) is 5.57 Å². The number of hydrogen-bond acceptors (Lipinski definition) is 3. The molecule has 102 valence electrons. The summed E-state index contributed by atoms with van der Waals surface area (Å²) in [5.41, 5.74) is 2.26. The molecule has 1 aliphatic heterocycles. The van der Waals surface area contributed by atoms with Crippen LogP contribution in [0.5, 0.6) is 0 Å². The standard InChI is InChI=1S/C16H22N2O/c1-11-3-5-13(6-4-11)15-12(2)19-16(18-15)14-7-9-17-10-8-14/h3,5-6,11,14,17H,4,7-10H2,1-2H3. The Kier molecular flexibility index (Phi) is 3.56. The van der Waals surface area contributed by atoms with Gasteiger partial charge in [-0.25, -0.2) is 4.98 Å². The highest BCUT2D eigenvalue weighted by atomic mass is 16.4. The third-order valence-electron chi connectivity index (χ3n) is 4.09. The van der Waals surface area contributed by atoms with Crippen LogP contribution in [0.15, 0.2) is 22.6 Å². The molecule has 1 saturated heterocycles. The van der Waals surface area contributed by atoms with Crippen molar-refractivity contribution in [3.05, 3.63) is 35.6 Å². The molecular weight excluding hydrogens is 236 g/mol. The van der Waals surface area contributed by atoms with Gasteiger partial charge in [-0.2, -0.15) is 0 Å². The van der Waals surface area contributed by atoms with E-state index in [0.717, 1.165) is 49.7 Å². The molecule has 0 aromatic carbocycles. The molecule has 3 nitrogen and oxygen atoms in total. The number of piperidine rings is 1. The summed E-state index contributed by atoms with van der Waals surface area (Å²) in [6.07, 6.45) is 10.1. The fraction of sp³-hybridized carbons (Fsp3) is 0.562. The minimum Gasteiger partial charge on any atom is -0.445 e. The summed E-state index contributed by atoms with van der Waals surface area (Å²) >= 11 is 0. The van der Waals surface area contributed by atoms with Crippen LogP contribution in [0.25, 0.3) is 5.57 Å². The Hall–Kier alpha value is -1.35. The van der Waals surface area contributed by atoms with Gasteiger partial charge in [-0.3, -0.25) is 0 Å². The van der Waals surface area contributed by atoms with E-state index in [0.29, 0.717) is 11.8 Å². The Morgan fingerprint density at radius 2 is 2.11 bits per heavy atom. The second-order valence-electron chi connectivity index (χ2n) is 5.71. The summed E-state index contributed by atoms with van der Waals surface area (Å²) in [5.74, 6) is 3.02. The van der Waals surface area contributed by atoms with Crippen LogP contribution in [0.1, 0.15) is 49.4 Å². The molecule has 0 saturated carbocycles. The Bertz CT molecular complexity index is 507. The molecular formula is C16H22N2O. The lowest BCUT2D eigenvalue weighted by atomic mass is 9.96. The third kappa shape index (κ3) is 2.66. The number of oxazole rings is 1. The zero-order chi connectivity index (χ0) is 13.2. The normalized spacial score (nSPS) is 24.5. The van der Waals surface area contributed by atoms with Gasteiger partial charge in [-0.05, 0) is 50.8 Å². The molecule has 2 aliphatic rings. The van der Waals surface area contributed by atoms with Crippen molar-refractivity contribution in [1.82, 2.24) is 10.3 Å². The van der Waals surface area contributed by atoms with Gasteiger partial charge >= 0.3 is 0 Å². The van der Waals surface area contributed by atoms with Gasteiger partial charge in [0.25, 0.3) is 0 Å². The maximum atomic E-state index is 5.92. The number of nitrogens with zero attached hydrogens (tertiary/aromatic N) is 1. The molecule has 2 heterocycles. The van der Waals surface area contributed by atoms with Crippen molar-refractivity contribution in [2.45, 2.75) is 39.0 Å². The van der Waals surface area contributed by atoms with E-state index in [1.807, 2.05) is 6.92 Å². The van der Waals surface area contributed by atoms with E-state index in [-0.39, 0.29) is 0 Å². The van der Waals surface area contributed by atoms with E-state index in [2.05, 4.69) is 30.5 Å². The molecule has 1 aliphatic carbocycles. The summed E-state index contributed by atoms with van der Waals surface area (Å²) < 4.78 is 5.92. The molecule has 0 amide bonds. The molecule has 19 heavy (non-hydrogen) atoms. The van der Waals surface area contributed by atoms with Gasteiger partial charge in [-0.1, -0.05) is 25.2 Å². The Morgan fingerprint density at radius 1 is 1.32 bits per heavy atom. The number of rotatable bonds is 2. The molecule has 1 aromatic heterocycles. The smallest absolute Gasteiger partial charge is 0.198 e. The SMILES string of the molecule is Cc1oc(C2CCNCC2)nc1C1=CCC(C)C=C1. The molecule has 1 unspecified atom stereocenters. The van der Waals surface area contributed by atoms with Gasteiger partial charge in [0.15, 0.2) is 5.89 Å². The molecule has 1 fully saturated rings. The van der Waals surface area contributed by atoms with Gasteiger partial charge in [0.2, 0.25) is 0 Å². The first-order chi connectivity index (χ1) is 9.24. The van der Waals surface area contributed by atoms with Crippen molar-refractivity contribution in [2.75, 3.05) is 13.1 Å². The minimum absolute atomic E-state index is 0.487. The van der Waals surface area contributed by atoms with Crippen molar-refractivity contribution < 1.29 is 4.42 Å². The van der Waals surface area contributed by atoms with Crippen LogP contribution >= 0.6 is 0 Å². The monoisotopic (exact) mass is 258 g/mol. The van der Waals surface area contributed by atoms with Crippen LogP contribution in [0.3, 0.4) is 0 Å². The minimum atomic E-state index is 0.487. The van der Waals surface area contributed by atoms with Crippen molar-refractivity contribution in [1.29, 1.82) is 0 Å². The highest BCUT2D eigenvalue weighted by Gasteiger charge is 2.22. The van der Waals surface area contributed by atoms with E-state index in [4.69, 9.17) is 9.40 Å². The Morgan fingerprint density at radius 3 is 2.79 bits per heavy atom. The summed E-state index contributed by atoms with van der Waals surface area (Å²) in [7, 11) is 0. The average molecular weight is 258 g/mol. The first kappa shape index (κ1) is 12.7. The van der Waals surface area contributed by atoms with Crippen LogP contribution in [0.4, 0.5) is 0 Å². The zero-order valence-corrected chi connectivity index (χ0v) is 11.8. The number of aromatic nitrogens is 1. The number of hydrogen-bond donors (Lipinski definition) is 1. The first-order valence-corrected chi connectivity index (χ1v) is 7.31. The van der Waals surface area contributed by atoms with Crippen LogP contribution in [-0.4, -0.2) is 18.1 Å². The van der Waals surface area contributed by atoms with Crippen molar-refractivity contribution >= 4 is 5.57 Å². The summed E-state index contributed by atoms with van der Waals surface area (Å²) in [6.45, 7) is 6.41. The quantitative estimate of drug-likeness (QED) is 0.883.